The minimum Gasteiger partial charge on any atom is -0.383 e. The zero-order valence-corrected chi connectivity index (χ0v) is 11.3. The molecule has 0 radical (unpaired) electrons. The van der Waals surface area contributed by atoms with Gasteiger partial charge in [0.2, 0.25) is 5.91 Å². The number of carbonyl (C=O) groups excluding carboxylic acids is 1. The van der Waals surface area contributed by atoms with Crippen molar-refractivity contribution >= 4 is 5.91 Å². The highest BCUT2D eigenvalue weighted by atomic mass is 16.5. The summed E-state index contributed by atoms with van der Waals surface area (Å²) in [5.41, 5.74) is 0.459. The fourth-order valence-electron chi connectivity index (χ4n) is 2.22. The summed E-state index contributed by atoms with van der Waals surface area (Å²) in [6, 6.07) is -0.115. The lowest BCUT2D eigenvalue weighted by molar-refractivity contribution is -0.123. The summed E-state index contributed by atoms with van der Waals surface area (Å²) in [7, 11) is 1.63. The molecule has 100 valence electrons. The molecule has 1 atom stereocenters. The monoisotopic (exact) mass is 242 g/mol. The molecule has 1 aliphatic rings. The third-order valence-electron chi connectivity index (χ3n) is 3.95. The van der Waals surface area contributed by atoms with E-state index in [4.69, 9.17) is 4.74 Å². The molecule has 0 spiro atoms. The van der Waals surface area contributed by atoms with Crippen LogP contribution in [0, 0.1) is 5.41 Å². The van der Waals surface area contributed by atoms with Crippen molar-refractivity contribution in [3.8, 4) is 0 Å². The summed E-state index contributed by atoms with van der Waals surface area (Å²) in [6.07, 6.45) is 5.14. The standard InChI is InChI=1S/C13H26N2O2/c1-4-13(6-5-7-13)10-15-11(2)12(16)14-8-9-17-3/h11,15H,4-10H2,1-3H3,(H,14,16). The van der Waals surface area contributed by atoms with Gasteiger partial charge in [0.25, 0.3) is 0 Å². The van der Waals surface area contributed by atoms with Crippen molar-refractivity contribution in [2.45, 2.75) is 45.6 Å². The Morgan fingerprint density at radius 3 is 2.65 bits per heavy atom. The lowest BCUT2D eigenvalue weighted by atomic mass is 9.67. The molecule has 1 amide bonds. The number of amides is 1. The van der Waals surface area contributed by atoms with Crippen LogP contribution in [0.3, 0.4) is 0 Å². The van der Waals surface area contributed by atoms with Gasteiger partial charge < -0.3 is 15.4 Å². The summed E-state index contributed by atoms with van der Waals surface area (Å²) in [4.78, 5) is 11.7. The van der Waals surface area contributed by atoms with Crippen molar-refractivity contribution in [1.29, 1.82) is 0 Å². The quantitative estimate of drug-likeness (QED) is 0.631. The Morgan fingerprint density at radius 2 is 2.18 bits per heavy atom. The highest BCUT2D eigenvalue weighted by Gasteiger charge is 2.35. The Bertz CT molecular complexity index is 234. The molecule has 0 aromatic heterocycles. The van der Waals surface area contributed by atoms with Gasteiger partial charge in [-0.25, -0.2) is 0 Å². The molecule has 17 heavy (non-hydrogen) atoms. The van der Waals surface area contributed by atoms with Crippen LogP contribution in [0.15, 0.2) is 0 Å². The predicted molar refractivity (Wildman–Crippen MR) is 68.9 cm³/mol. The first-order chi connectivity index (χ1) is 8.13. The lowest BCUT2D eigenvalue weighted by Crippen LogP contribution is -2.48. The molecule has 1 fully saturated rings. The molecule has 1 saturated carbocycles. The molecule has 4 nitrogen and oxygen atoms in total. The first kappa shape index (κ1) is 14.5. The van der Waals surface area contributed by atoms with Gasteiger partial charge in [-0.3, -0.25) is 4.79 Å². The molecule has 0 saturated heterocycles. The molecule has 4 heteroatoms. The van der Waals surface area contributed by atoms with Crippen LogP contribution in [-0.4, -0.2) is 38.8 Å². The Kier molecular flexibility index (Phi) is 5.92. The maximum Gasteiger partial charge on any atom is 0.236 e. The minimum atomic E-state index is -0.115. The van der Waals surface area contributed by atoms with Crippen molar-refractivity contribution < 1.29 is 9.53 Å². The molecule has 0 aromatic rings. The van der Waals surface area contributed by atoms with E-state index in [0.717, 1.165) is 6.54 Å². The summed E-state index contributed by atoms with van der Waals surface area (Å²) >= 11 is 0. The van der Waals surface area contributed by atoms with Crippen LogP contribution in [0.25, 0.3) is 0 Å². The zero-order valence-electron chi connectivity index (χ0n) is 11.3. The summed E-state index contributed by atoms with van der Waals surface area (Å²) in [6.45, 7) is 6.27. The maximum atomic E-state index is 11.7. The second-order valence-electron chi connectivity index (χ2n) is 5.09. The molecule has 0 aromatic carbocycles. The number of methoxy groups -OCH3 is 1. The van der Waals surface area contributed by atoms with Crippen LogP contribution in [-0.2, 0) is 9.53 Å². The number of hydrogen-bond donors (Lipinski definition) is 2. The largest absolute Gasteiger partial charge is 0.383 e. The summed E-state index contributed by atoms with van der Waals surface area (Å²) in [5, 5.41) is 6.20. The van der Waals surface area contributed by atoms with E-state index in [1.165, 1.54) is 25.7 Å². The zero-order chi connectivity index (χ0) is 12.7. The van der Waals surface area contributed by atoms with Crippen molar-refractivity contribution in [1.82, 2.24) is 10.6 Å². The highest BCUT2D eigenvalue weighted by molar-refractivity contribution is 5.81. The Hall–Kier alpha value is -0.610. The number of rotatable bonds is 8. The van der Waals surface area contributed by atoms with Crippen LogP contribution in [0.2, 0.25) is 0 Å². The number of hydrogen-bond acceptors (Lipinski definition) is 3. The molecule has 0 bridgehead atoms. The molecule has 1 unspecified atom stereocenters. The number of carbonyl (C=O) groups is 1. The smallest absolute Gasteiger partial charge is 0.236 e. The van der Waals surface area contributed by atoms with Gasteiger partial charge in [0.1, 0.15) is 0 Å². The highest BCUT2D eigenvalue weighted by Crippen LogP contribution is 2.43. The second kappa shape index (κ2) is 6.97. The van der Waals surface area contributed by atoms with Crippen molar-refractivity contribution in [3.05, 3.63) is 0 Å². The van der Waals surface area contributed by atoms with E-state index in [1.54, 1.807) is 7.11 Å². The summed E-state index contributed by atoms with van der Waals surface area (Å²) in [5.74, 6) is 0.0626. The number of ether oxygens (including phenoxy) is 1. The van der Waals surface area contributed by atoms with E-state index in [0.29, 0.717) is 18.6 Å². The average molecular weight is 242 g/mol. The van der Waals surface area contributed by atoms with Gasteiger partial charge in [0, 0.05) is 20.2 Å². The van der Waals surface area contributed by atoms with E-state index >= 15 is 0 Å². The molecular formula is C13H26N2O2. The van der Waals surface area contributed by atoms with Gasteiger partial charge in [-0.2, -0.15) is 0 Å². The lowest BCUT2D eigenvalue weighted by Gasteiger charge is -2.42. The van der Waals surface area contributed by atoms with Crippen LogP contribution in [0.5, 0.6) is 0 Å². The van der Waals surface area contributed by atoms with E-state index < -0.39 is 0 Å². The van der Waals surface area contributed by atoms with Crippen LogP contribution in [0.4, 0.5) is 0 Å². The first-order valence-corrected chi connectivity index (χ1v) is 6.63. The minimum absolute atomic E-state index is 0.0626. The normalized spacial score (nSPS) is 19.5. The third-order valence-corrected chi connectivity index (χ3v) is 3.95. The van der Waals surface area contributed by atoms with E-state index in [2.05, 4.69) is 17.6 Å². The molecular weight excluding hydrogens is 216 g/mol. The van der Waals surface area contributed by atoms with Gasteiger partial charge in [-0.15, -0.1) is 0 Å². The van der Waals surface area contributed by atoms with E-state index in [1.807, 2.05) is 6.92 Å². The van der Waals surface area contributed by atoms with Crippen molar-refractivity contribution in [2.75, 3.05) is 26.8 Å². The topological polar surface area (TPSA) is 50.4 Å². The van der Waals surface area contributed by atoms with Gasteiger partial charge in [-0.05, 0) is 31.6 Å². The molecule has 1 rings (SSSR count). The SMILES string of the molecule is CCC1(CNC(C)C(=O)NCCOC)CCC1. The first-order valence-electron chi connectivity index (χ1n) is 6.63. The Labute approximate surface area is 104 Å². The van der Waals surface area contributed by atoms with Gasteiger partial charge >= 0.3 is 0 Å². The van der Waals surface area contributed by atoms with Gasteiger partial charge in [-0.1, -0.05) is 13.3 Å². The number of nitrogens with one attached hydrogen (secondary N) is 2. The van der Waals surface area contributed by atoms with E-state index in [9.17, 15) is 4.79 Å². The predicted octanol–water partition coefficient (Wildman–Crippen LogP) is 1.31. The Morgan fingerprint density at radius 1 is 1.47 bits per heavy atom. The average Bonchev–Trinajstić information content (AvgIpc) is 2.28. The second-order valence-corrected chi connectivity index (χ2v) is 5.09. The summed E-state index contributed by atoms with van der Waals surface area (Å²) < 4.78 is 4.89. The van der Waals surface area contributed by atoms with Crippen LogP contribution < -0.4 is 10.6 Å². The van der Waals surface area contributed by atoms with Crippen molar-refractivity contribution in [3.63, 3.8) is 0 Å². The van der Waals surface area contributed by atoms with Gasteiger partial charge in [0.15, 0.2) is 0 Å². The maximum absolute atomic E-state index is 11.7. The third kappa shape index (κ3) is 4.28. The molecule has 0 aliphatic heterocycles. The van der Waals surface area contributed by atoms with Crippen LogP contribution in [0.1, 0.15) is 39.5 Å². The Balaban J connectivity index is 2.19. The fourth-order valence-corrected chi connectivity index (χ4v) is 2.22. The van der Waals surface area contributed by atoms with Gasteiger partial charge in [0.05, 0.1) is 12.6 Å². The van der Waals surface area contributed by atoms with Crippen LogP contribution >= 0.6 is 0 Å². The molecule has 0 heterocycles. The van der Waals surface area contributed by atoms with Crippen molar-refractivity contribution in [2.24, 2.45) is 5.41 Å². The fraction of sp³-hybridized carbons (Fsp3) is 0.923. The molecule has 2 N–H and O–H groups in total. The van der Waals surface area contributed by atoms with E-state index in [-0.39, 0.29) is 11.9 Å². The molecule has 1 aliphatic carbocycles.